The Morgan fingerprint density at radius 3 is 3.06 bits per heavy atom. The molecule has 0 radical (unpaired) electrons. The van der Waals surface area contributed by atoms with Crippen molar-refractivity contribution in [2.75, 3.05) is 20.3 Å². The number of thioether (sulfide) groups is 1. The number of amides is 1. The second-order valence-corrected chi connectivity index (χ2v) is 5.52. The molecule has 7 heteroatoms. The lowest BCUT2D eigenvalue weighted by Gasteiger charge is -2.08. The Bertz CT molecular complexity index is 406. The quantitative estimate of drug-likeness (QED) is 0.593. The normalized spacial score (nSPS) is 16.6. The highest BCUT2D eigenvalue weighted by atomic mass is 32.2. The summed E-state index contributed by atoms with van der Waals surface area (Å²) >= 11 is 1.28. The van der Waals surface area contributed by atoms with Crippen LogP contribution in [0.1, 0.15) is 31.6 Å². The predicted octanol–water partition coefficient (Wildman–Crippen LogP) is 1.19. The van der Waals surface area contributed by atoms with Gasteiger partial charge in [-0.3, -0.25) is 4.79 Å². The van der Waals surface area contributed by atoms with Crippen molar-refractivity contribution in [1.82, 2.24) is 15.5 Å². The summed E-state index contributed by atoms with van der Waals surface area (Å²) < 4.78 is 10.4. The lowest BCUT2D eigenvalue weighted by atomic mass is 10.4. The second-order valence-electron chi connectivity index (χ2n) is 4.22. The molecule has 0 aromatic carbocycles. The minimum Gasteiger partial charge on any atom is -0.416 e. The summed E-state index contributed by atoms with van der Waals surface area (Å²) in [6.07, 6.45) is 2.25. The van der Waals surface area contributed by atoms with Crippen molar-refractivity contribution in [1.29, 1.82) is 0 Å². The molecule has 1 atom stereocenters. The molecular formula is C11H17N3O3S. The minimum absolute atomic E-state index is 0.0526. The third-order valence-corrected chi connectivity index (χ3v) is 3.54. The fourth-order valence-corrected chi connectivity index (χ4v) is 2.10. The highest BCUT2D eigenvalue weighted by Gasteiger charge is 2.30. The van der Waals surface area contributed by atoms with E-state index >= 15 is 0 Å². The Labute approximate surface area is 110 Å². The zero-order valence-electron chi connectivity index (χ0n) is 10.5. The van der Waals surface area contributed by atoms with Crippen LogP contribution in [0.5, 0.6) is 0 Å². The number of carbonyl (C=O) groups excluding carboxylic acids is 1. The van der Waals surface area contributed by atoms with E-state index < -0.39 is 0 Å². The lowest BCUT2D eigenvalue weighted by molar-refractivity contribution is -0.120. The van der Waals surface area contributed by atoms with E-state index in [0.29, 0.717) is 30.2 Å². The van der Waals surface area contributed by atoms with Gasteiger partial charge in [0.15, 0.2) is 0 Å². The summed E-state index contributed by atoms with van der Waals surface area (Å²) in [6, 6.07) is 0. The third kappa shape index (κ3) is 3.71. The van der Waals surface area contributed by atoms with Crippen molar-refractivity contribution in [3.05, 3.63) is 5.89 Å². The summed E-state index contributed by atoms with van der Waals surface area (Å²) in [7, 11) is 1.60. The Morgan fingerprint density at radius 2 is 2.39 bits per heavy atom. The van der Waals surface area contributed by atoms with Gasteiger partial charge in [-0.1, -0.05) is 11.8 Å². The van der Waals surface area contributed by atoms with Gasteiger partial charge in [0.1, 0.15) is 0 Å². The number of aromatic nitrogens is 2. The Morgan fingerprint density at radius 1 is 1.61 bits per heavy atom. The molecule has 2 rings (SSSR count). The zero-order chi connectivity index (χ0) is 13.0. The summed E-state index contributed by atoms with van der Waals surface area (Å²) in [6.45, 7) is 2.83. The molecule has 0 bridgehead atoms. The van der Waals surface area contributed by atoms with E-state index in [1.165, 1.54) is 11.8 Å². The fraction of sp³-hybridized carbons (Fsp3) is 0.727. The molecule has 1 aliphatic rings. The smallest absolute Gasteiger partial charge is 0.277 e. The number of nitrogens with one attached hydrogen (secondary N) is 1. The number of hydrogen-bond acceptors (Lipinski definition) is 6. The molecule has 18 heavy (non-hydrogen) atoms. The molecule has 1 aromatic rings. The number of nitrogens with zero attached hydrogens (tertiary/aromatic N) is 2. The minimum atomic E-state index is -0.255. The molecule has 1 saturated carbocycles. The van der Waals surface area contributed by atoms with Gasteiger partial charge in [0.05, 0.1) is 11.9 Å². The average Bonchev–Trinajstić information content (AvgIpc) is 3.11. The summed E-state index contributed by atoms with van der Waals surface area (Å²) in [4.78, 5) is 11.7. The molecule has 0 saturated heterocycles. The van der Waals surface area contributed by atoms with E-state index in [1.54, 1.807) is 7.11 Å². The number of carbonyl (C=O) groups is 1. The van der Waals surface area contributed by atoms with Crippen molar-refractivity contribution in [2.24, 2.45) is 0 Å². The van der Waals surface area contributed by atoms with Gasteiger partial charge in [0.25, 0.3) is 5.22 Å². The molecule has 1 aliphatic carbocycles. The third-order valence-electron chi connectivity index (χ3n) is 2.60. The number of methoxy groups -OCH3 is 1. The topological polar surface area (TPSA) is 77.2 Å². The molecular weight excluding hydrogens is 254 g/mol. The van der Waals surface area contributed by atoms with E-state index in [9.17, 15) is 4.79 Å². The van der Waals surface area contributed by atoms with Gasteiger partial charge in [0, 0.05) is 19.6 Å². The Balaban J connectivity index is 1.78. The van der Waals surface area contributed by atoms with E-state index in [1.807, 2.05) is 6.92 Å². The van der Waals surface area contributed by atoms with Gasteiger partial charge < -0.3 is 14.5 Å². The standard InChI is InChI=1S/C11H17N3O3S/c1-7(9(15)12-5-6-16-2)18-11-14-13-10(17-11)8-3-4-8/h7-8H,3-6H2,1-2H3,(H,12,15)/t7-/m1/s1. The molecule has 6 nitrogen and oxygen atoms in total. The second kappa shape index (κ2) is 6.19. The van der Waals surface area contributed by atoms with E-state index in [-0.39, 0.29) is 11.2 Å². The van der Waals surface area contributed by atoms with Gasteiger partial charge in [-0.2, -0.15) is 0 Å². The SMILES string of the molecule is COCCNC(=O)[C@@H](C)Sc1nnc(C2CC2)o1. The number of rotatable bonds is 7. The van der Waals surface area contributed by atoms with Gasteiger partial charge >= 0.3 is 0 Å². The number of ether oxygens (including phenoxy) is 1. The molecule has 1 heterocycles. The van der Waals surface area contributed by atoms with Crippen LogP contribution >= 0.6 is 11.8 Å². The Hall–Kier alpha value is -1.08. The van der Waals surface area contributed by atoms with Crippen molar-refractivity contribution in [2.45, 2.75) is 36.2 Å². The first-order valence-corrected chi connectivity index (χ1v) is 6.85. The van der Waals surface area contributed by atoms with Crippen LogP contribution in [0.15, 0.2) is 9.64 Å². The van der Waals surface area contributed by atoms with Crippen molar-refractivity contribution < 1.29 is 13.9 Å². The van der Waals surface area contributed by atoms with Crippen LogP contribution in [0.2, 0.25) is 0 Å². The van der Waals surface area contributed by atoms with Gasteiger partial charge in [0.2, 0.25) is 11.8 Å². The van der Waals surface area contributed by atoms with Gasteiger partial charge in [-0.25, -0.2) is 0 Å². The fourth-order valence-electron chi connectivity index (χ4n) is 1.39. The molecule has 1 N–H and O–H groups in total. The van der Waals surface area contributed by atoms with E-state index in [0.717, 1.165) is 12.8 Å². The van der Waals surface area contributed by atoms with Crippen molar-refractivity contribution in [3.8, 4) is 0 Å². The summed E-state index contributed by atoms with van der Waals surface area (Å²) in [5.41, 5.74) is 0. The molecule has 1 aromatic heterocycles. The van der Waals surface area contributed by atoms with Crippen molar-refractivity contribution in [3.63, 3.8) is 0 Å². The first-order chi connectivity index (χ1) is 8.70. The van der Waals surface area contributed by atoms with Crippen LogP contribution in [0.25, 0.3) is 0 Å². The molecule has 1 fully saturated rings. The Kier molecular flexibility index (Phi) is 4.60. The first kappa shape index (κ1) is 13.4. The van der Waals surface area contributed by atoms with Crippen molar-refractivity contribution >= 4 is 17.7 Å². The molecule has 100 valence electrons. The van der Waals surface area contributed by atoms with Crippen LogP contribution in [0, 0.1) is 0 Å². The largest absolute Gasteiger partial charge is 0.416 e. The van der Waals surface area contributed by atoms with Crippen LogP contribution in [0.4, 0.5) is 0 Å². The monoisotopic (exact) mass is 271 g/mol. The van der Waals surface area contributed by atoms with E-state index in [4.69, 9.17) is 9.15 Å². The van der Waals surface area contributed by atoms with Crippen LogP contribution in [-0.4, -0.2) is 41.6 Å². The van der Waals surface area contributed by atoms with Gasteiger partial charge in [-0.15, -0.1) is 10.2 Å². The summed E-state index contributed by atoms with van der Waals surface area (Å²) in [5, 5.41) is 10.9. The van der Waals surface area contributed by atoms with Crippen LogP contribution in [-0.2, 0) is 9.53 Å². The summed E-state index contributed by atoms with van der Waals surface area (Å²) in [5.74, 6) is 1.09. The molecule has 0 aliphatic heterocycles. The molecule has 0 spiro atoms. The average molecular weight is 271 g/mol. The molecule has 1 amide bonds. The highest BCUT2D eigenvalue weighted by molar-refractivity contribution is 8.00. The predicted molar refractivity (Wildman–Crippen MR) is 66.5 cm³/mol. The molecule has 0 unspecified atom stereocenters. The van der Waals surface area contributed by atoms with Crippen LogP contribution in [0.3, 0.4) is 0 Å². The van der Waals surface area contributed by atoms with Gasteiger partial charge in [-0.05, 0) is 19.8 Å². The van der Waals surface area contributed by atoms with Crippen LogP contribution < -0.4 is 5.32 Å². The van der Waals surface area contributed by atoms with E-state index in [2.05, 4.69) is 15.5 Å². The lowest BCUT2D eigenvalue weighted by Crippen LogP contribution is -2.33. The maximum atomic E-state index is 11.7. The maximum absolute atomic E-state index is 11.7. The highest BCUT2D eigenvalue weighted by Crippen LogP contribution is 2.40. The first-order valence-electron chi connectivity index (χ1n) is 5.97. The maximum Gasteiger partial charge on any atom is 0.277 e. The zero-order valence-corrected chi connectivity index (χ0v) is 11.3. The number of hydrogen-bond donors (Lipinski definition) is 1.